The Morgan fingerprint density at radius 2 is 0.866 bits per heavy atom. The van der Waals surface area contributed by atoms with E-state index in [2.05, 4.69) is 278 Å². The molecule has 0 bridgehead atoms. The first-order valence-corrected chi connectivity index (χ1v) is 35.8. The number of rotatable bonds is 9. The number of aromatic nitrogens is 5. The lowest BCUT2D eigenvalue weighted by Crippen LogP contribution is -2.22. The molecule has 0 saturated carbocycles. The molecule has 9 aliphatic carbocycles. The fourth-order valence-corrected chi connectivity index (χ4v) is 18.7. The molecule has 6 aromatic carbocycles. The summed E-state index contributed by atoms with van der Waals surface area (Å²) in [5.74, 6) is 0.711. The third-order valence-electron chi connectivity index (χ3n) is 23.0. The van der Waals surface area contributed by atoms with Crippen LogP contribution in [0.3, 0.4) is 0 Å². The van der Waals surface area contributed by atoms with Gasteiger partial charge in [-0.2, -0.15) is 5.26 Å². The summed E-state index contributed by atoms with van der Waals surface area (Å²) in [5, 5.41) is 18.3. The smallest absolute Gasteiger partial charge is 0.105 e. The summed E-state index contributed by atoms with van der Waals surface area (Å²) in [4.78, 5) is 0. The van der Waals surface area contributed by atoms with E-state index in [0.717, 1.165) is 147 Å². The Kier molecular flexibility index (Phi) is 13.2. The Morgan fingerprint density at radius 3 is 1.44 bits per heavy atom. The highest BCUT2D eigenvalue weighted by Gasteiger charge is 2.41. The van der Waals surface area contributed by atoms with E-state index in [1.165, 1.54) is 117 Å². The van der Waals surface area contributed by atoms with Gasteiger partial charge in [-0.3, -0.25) is 0 Å². The van der Waals surface area contributed by atoms with Crippen LogP contribution in [0.1, 0.15) is 142 Å². The fraction of sp³-hybridized carbons (Fsp3) is 0.198. The van der Waals surface area contributed by atoms with Crippen LogP contribution in [-0.2, 0) is 38.5 Å². The normalized spacial score (nSPS) is 19.4. The van der Waals surface area contributed by atoms with Crippen LogP contribution in [-0.4, -0.2) is 22.8 Å². The molecule has 9 aliphatic rings. The van der Waals surface area contributed by atoms with Gasteiger partial charge in [0.25, 0.3) is 0 Å². The van der Waals surface area contributed by atoms with Crippen LogP contribution in [0.2, 0.25) is 0 Å². The van der Waals surface area contributed by atoms with E-state index in [1.807, 2.05) is 0 Å². The van der Waals surface area contributed by atoms with Crippen molar-refractivity contribution in [3.8, 4) is 45.6 Å². The first-order valence-electron chi connectivity index (χ1n) is 35.8. The van der Waals surface area contributed by atoms with Crippen molar-refractivity contribution in [3.05, 3.63) is 302 Å². The molecule has 5 aromatic heterocycles. The van der Waals surface area contributed by atoms with Gasteiger partial charge in [-0.15, -0.1) is 0 Å². The van der Waals surface area contributed by atoms with Crippen molar-refractivity contribution >= 4 is 80.1 Å². The minimum atomic E-state index is 0.225. The molecule has 468 valence electrons. The minimum absolute atomic E-state index is 0.225. The molecule has 3 unspecified atom stereocenters. The minimum Gasteiger partial charge on any atom is -0.307 e. The largest absolute Gasteiger partial charge is 0.307 e. The summed E-state index contributed by atoms with van der Waals surface area (Å²) >= 11 is 0. The molecule has 0 saturated heterocycles. The van der Waals surface area contributed by atoms with Gasteiger partial charge in [0, 0.05) is 73.5 Å². The maximum Gasteiger partial charge on any atom is 0.105 e. The number of hydrogen-bond donors (Lipinski definition) is 0. The zero-order chi connectivity index (χ0) is 63.8. The average molecular weight is 1250 g/mol. The molecule has 0 fully saturated rings. The highest BCUT2D eigenvalue weighted by Crippen LogP contribution is 2.54. The summed E-state index contributed by atoms with van der Waals surface area (Å²) < 4.78 is 13.2. The van der Waals surface area contributed by atoms with E-state index in [9.17, 15) is 5.26 Å². The maximum absolute atomic E-state index is 13.6. The quantitative estimate of drug-likeness (QED) is 0.142. The number of nitrogens with zero attached hydrogens (tertiary/aromatic N) is 6. The number of hydrogen-bond acceptors (Lipinski definition) is 1. The number of para-hydroxylation sites is 2. The second kappa shape index (κ2) is 22.6. The van der Waals surface area contributed by atoms with E-state index < -0.39 is 0 Å². The third-order valence-corrected chi connectivity index (χ3v) is 23.0. The van der Waals surface area contributed by atoms with E-state index in [-0.39, 0.29) is 17.8 Å². The molecular formula is C91H74N6. The number of allylic oxidation sites excluding steroid dienone is 18. The Balaban J connectivity index is 1.05. The van der Waals surface area contributed by atoms with Crippen LogP contribution >= 0.6 is 0 Å². The van der Waals surface area contributed by atoms with Crippen LogP contribution < -0.4 is 0 Å². The van der Waals surface area contributed by atoms with E-state index >= 15 is 0 Å². The molecule has 97 heavy (non-hydrogen) atoms. The van der Waals surface area contributed by atoms with Crippen molar-refractivity contribution in [2.45, 2.75) is 102 Å². The van der Waals surface area contributed by atoms with Gasteiger partial charge in [0.05, 0.1) is 50.5 Å². The lowest BCUT2D eigenvalue weighted by atomic mass is 9.79. The van der Waals surface area contributed by atoms with Gasteiger partial charge >= 0.3 is 0 Å². The first-order chi connectivity index (χ1) is 48.1. The highest BCUT2D eigenvalue weighted by atomic mass is 15.2. The van der Waals surface area contributed by atoms with Crippen molar-refractivity contribution in [1.29, 1.82) is 5.26 Å². The van der Waals surface area contributed by atoms with Crippen molar-refractivity contribution in [2.24, 2.45) is 11.8 Å². The summed E-state index contributed by atoms with van der Waals surface area (Å²) in [6, 6.07) is 47.1. The van der Waals surface area contributed by atoms with Crippen molar-refractivity contribution in [1.82, 2.24) is 22.8 Å². The number of benzene rings is 6. The molecule has 3 atom stereocenters. The lowest BCUT2D eigenvalue weighted by molar-refractivity contribution is 0.682. The highest BCUT2D eigenvalue weighted by molar-refractivity contribution is 6.14. The van der Waals surface area contributed by atoms with Gasteiger partial charge in [-0.05, 0) is 225 Å². The van der Waals surface area contributed by atoms with Gasteiger partial charge in [0.15, 0.2) is 0 Å². The standard InChI is InChI=1S/C91H74N6/c92-57-76-87(93-77-39-19-13-33-66(77)67-34-14-20-40-78(67)93)89(96-83-49-45-62(58-25-5-1-6-26-58)53-72(83)73-54-63(46-50-84(73)96)59-27-7-2-8-28-59)91(95-81-43-23-17-37-70(81)71-38-18-24-44-82(71)95)90(88(76)94-79-41-21-15-35-68(79)69-36-16-22-42-80(69)94)97-85-51-47-64(60-29-9-3-10-30-60)55-74(85)75-56-65(48-52-86(75)97)61-31-11-4-12-32-61/h1-3,5-9,11,17-27,29,31-32,37-54,59,64-65H,4,10,12-16,28,30,33-36,55-56H2. The molecule has 20 rings (SSSR count). The molecule has 5 heterocycles. The van der Waals surface area contributed by atoms with E-state index in [4.69, 9.17) is 0 Å². The van der Waals surface area contributed by atoms with Crippen LogP contribution in [0.25, 0.3) is 120 Å². The zero-order valence-electron chi connectivity index (χ0n) is 54.7. The van der Waals surface area contributed by atoms with Crippen LogP contribution in [0, 0.1) is 23.2 Å². The Hall–Kier alpha value is -10.9. The SMILES string of the molecule is N#Cc1c(-n2c3c(c4c2C=CCC4)CCC=C3)c(-n2c3c(c4c2C=CC(C2=CC=CCC2)C4)CC(C2=CCCC=C2)C=C3)c(-n2c3ccccc3c3ccccc32)c(-n2c3ccc(-c4ccccc4)cc3c3cc(C4C=CC=CC4)ccc32)c1-n1c2c(c3c1C=CCC3)CCC=C2. The topological polar surface area (TPSA) is 48.4 Å². The molecule has 11 aromatic rings. The summed E-state index contributed by atoms with van der Waals surface area (Å²) in [5.41, 5.74) is 32.0. The number of fused-ring (bicyclic) bond motifs is 15. The van der Waals surface area contributed by atoms with E-state index in [1.54, 1.807) is 0 Å². The predicted octanol–water partition coefficient (Wildman–Crippen LogP) is 22.2. The Labute approximate surface area is 566 Å². The number of nitriles is 1. The average Bonchev–Trinajstić information content (AvgIpc) is 1.57. The molecule has 0 spiro atoms. The summed E-state index contributed by atoms with van der Waals surface area (Å²) in [6.07, 6.45) is 67.3. The Morgan fingerprint density at radius 1 is 0.351 bits per heavy atom. The molecule has 0 radical (unpaired) electrons. The molecule has 0 N–H and O–H groups in total. The predicted molar refractivity (Wildman–Crippen MR) is 404 cm³/mol. The first kappa shape index (κ1) is 56.5. The van der Waals surface area contributed by atoms with Gasteiger partial charge in [-0.1, -0.05) is 182 Å². The maximum atomic E-state index is 13.6. The van der Waals surface area contributed by atoms with Gasteiger partial charge in [0.1, 0.15) is 11.6 Å². The second-order valence-corrected chi connectivity index (χ2v) is 28.1. The summed E-state index contributed by atoms with van der Waals surface area (Å²) in [6.45, 7) is 0. The molecular weight excluding hydrogens is 1180 g/mol. The molecule has 6 nitrogen and oxygen atoms in total. The van der Waals surface area contributed by atoms with Crippen LogP contribution in [0.5, 0.6) is 0 Å². The van der Waals surface area contributed by atoms with Crippen molar-refractivity contribution in [2.75, 3.05) is 0 Å². The monoisotopic (exact) mass is 1250 g/mol. The third kappa shape index (κ3) is 8.63. The van der Waals surface area contributed by atoms with Crippen molar-refractivity contribution in [3.63, 3.8) is 0 Å². The van der Waals surface area contributed by atoms with Gasteiger partial charge in [-0.25, -0.2) is 0 Å². The Bertz CT molecular complexity index is 5560. The molecule has 0 aliphatic heterocycles. The molecule has 6 heteroatoms. The lowest BCUT2D eigenvalue weighted by Gasteiger charge is -2.32. The van der Waals surface area contributed by atoms with E-state index in [0.29, 0.717) is 5.56 Å². The van der Waals surface area contributed by atoms with Crippen molar-refractivity contribution < 1.29 is 0 Å². The fourth-order valence-electron chi connectivity index (χ4n) is 18.7. The molecule has 0 amide bonds. The van der Waals surface area contributed by atoms with Crippen LogP contribution in [0.4, 0.5) is 0 Å². The summed E-state index contributed by atoms with van der Waals surface area (Å²) in [7, 11) is 0. The van der Waals surface area contributed by atoms with Crippen LogP contribution in [0.15, 0.2) is 224 Å². The van der Waals surface area contributed by atoms with Gasteiger partial charge in [0.2, 0.25) is 0 Å². The second-order valence-electron chi connectivity index (χ2n) is 28.1. The zero-order valence-corrected chi connectivity index (χ0v) is 54.7. The van der Waals surface area contributed by atoms with Gasteiger partial charge < -0.3 is 22.8 Å².